The first kappa shape index (κ1) is 10.1. The second-order valence-electron chi connectivity index (χ2n) is 3.76. The lowest BCUT2D eigenvalue weighted by Crippen LogP contribution is -2.28. The Bertz CT molecular complexity index is 392. The van der Waals surface area contributed by atoms with E-state index in [4.69, 9.17) is 5.73 Å². The fraction of sp³-hybridized carbons (Fsp3) is 0.400. The molecule has 1 aromatic carbocycles. The highest BCUT2D eigenvalue weighted by Gasteiger charge is 2.70. The van der Waals surface area contributed by atoms with E-state index in [9.17, 15) is 8.78 Å². The van der Waals surface area contributed by atoms with Gasteiger partial charge in [0.1, 0.15) is 5.54 Å². The molecule has 14 heavy (non-hydrogen) atoms. The van der Waals surface area contributed by atoms with Crippen molar-refractivity contribution in [3.8, 4) is 0 Å². The van der Waals surface area contributed by atoms with Gasteiger partial charge < -0.3 is 5.73 Å². The van der Waals surface area contributed by atoms with E-state index in [2.05, 4.69) is 15.9 Å². The van der Waals surface area contributed by atoms with Crippen LogP contribution >= 0.6 is 15.9 Å². The Labute approximate surface area is 89.4 Å². The van der Waals surface area contributed by atoms with Gasteiger partial charge in [-0.05, 0) is 24.1 Å². The molecule has 2 rings (SSSR count). The Balaban J connectivity index is 2.49. The third-order valence-electron chi connectivity index (χ3n) is 2.78. The summed E-state index contributed by atoms with van der Waals surface area (Å²) in [6.45, 7) is 1.79. The maximum atomic E-state index is 13.0. The molecule has 0 radical (unpaired) electrons. The molecule has 0 spiro atoms. The van der Waals surface area contributed by atoms with Crippen molar-refractivity contribution in [1.29, 1.82) is 0 Å². The largest absolute Gasteiger partial charge is 0.316 e. The number of rotatable bonds is 1. The first-order valence-electron chi connectivity index (χ1n) is 4.31. The second kappa shape index (κ2) is 2.76. The zero-order valence-electron chi connectivity index (χ0n) is 7.65. The van der Waals surface area contributed by atoms with Gasteiger partial charge in [0.15, 0.2) is 0 Å². The maximum Gasteiger partial charge on any atom is 0.272 e. The van der Waals surface area contributed by atoms with Gasteiger partial charge in [0.2, 0.25) is 0 Å². The molecule has 76 valence electrons. The number of nitrogens with two attached hydrogens (primary N) is 1. The van der Waals surface area contributed by atoms with E-state index in [0.29, 0.717) is 5.56 Å². The van der Waals surface area contributed by atoms with Gasteiger partial charge in [0.25, 0.3) is 5.92 Å². The van der Waals surface area contributed by atoms with Gasteiger partial charge in [-0.3, -0.25) is 0 Å². The quantitative estimate of drug-likeness (QED) is 0.827. The first-order valence-corrected chi connectivity index (χ1v) is 5.10. The molecule has 0 aliphatic heterocycles. The fourth-order valence-corrected chi connectivity index (χ4v) is 2.06. The van der Waals surface area contributed by atoms with Crippen LogP contribution in [0.2, 0.25) is 0 Å². The van der Waals surface area contributed by atoms with Crippen molar-refractivity contribution >= 4 is 15.9 Å². The lowest BCUT2D eigenvalue weighted by molar-refractivity contribution is 0.0889. The van der Waals surface area contributed by atoms with E-state index < -0.39 is 11.5 Å². The summed E-state index contributed by atoms with van der Waals surface area (Å²) in [5.41, 5.74) is 5.54. The van der Waals surface area contributed by atoms with Crippen LogP contribution in [0.5, 0.6) is 0 Å². The molecule has 0 amide bonds. The minimum Gasteiger partial charge on any atom is -0.316 e. The van der Waals surface area contributed by atoms with Gasteiger partial charge in [0.05, 0.1) is 0 Å². The summed E-state index contributed by atoms with van der Waals surface area (Å²) in [4.78, 5) is 0. The van der Waals surface area contributed by atoms with Crippen LogP contribution in [0.4, 0.5) is 8.78 Å². The van der Waals surface area contributed by atoms with Crippen molar-refractivity contribution in [2.75, 3.05) is 0 Å². The molecule has 1 saturated carbocycles. The van der Waals surface area contributed by atoms with E-state index in [1.807, 2.05) is 6.07 Å². The fourth-order valence-electron chi connectivity index (χ4n) is 1.69. The van der Waals surface area contributed by atoms with E-state index in [1.165, 1.54) is 0 Å². The summed E-state index contributed by atoms with van der Waals surface area (Å²) >= 11 is 3.30. The third kappa shape index (κ3) is 1.21. The summed E-state index contributed by atoms with van der Waals surface area (Å²) in [5, 5.41) is 0. The van der Waals surface area contributed by atoms with E-state index in [1.54, 1.807) is 19.1 Å². The Morgan fingerprint density at radius 1 is 1.43 bits per heavy atom. The topological polar surface area (TPSA) is 26.0 Å². The Hall–Kier alpha value is -0.480. The molecular formula is C10H10BrF2N. The molecule has 1 aliphatic carbocycles. The SMILES string of the molecule is Cc1c(Br)cccc1C1(N)CC1(F)F. The Morgan fingerprint density at radius 3 is 2.50 bits per heavy atom. The predicted molar refractivity (Wildman–Crippen MR) is 54.3 cm³/mol. The molecule has 0 saturated heterocycles. The monoisotopic (exact) mass is 261 g/mol. The average Bonchev–Trinajstić information content (AvgIpc) is 2.58. The van der Waals surface area contributed by atoms with Gasteiger partial charge in [0, 0.05) is 10.9 Å². The summed E-state index contributed by atoms with van der Waals surface area (Å²) in [5.74, 6) is -2.75. The summed E-state index contributed by atoms with van der Waals surface area (Å²) in [6, 6.07) is 5.22. The van der Waals surface area contributed by atoms with E-state index in [0.717, 1.165) is 10.0 Å². The summed E-state index contributed by atoms with van der Waals surface area (Å²) < 4.78 is 26.9. The van der Waals surface area contributed by atoms with Crippen LogP contribution in [0, 0.1) is 6.92 Å². The highest BCUT2D eigenvalue weighted by Crippen LogP contribution is 2.58. The van der Waals surface area contributed by atoms with Crippen LogP contribution < -0.4 is 5.73 Å². The van der Waals surface area contributed by atoms with Crippen molar-refractivity contribution < 1.29 is 8.78 Å². The molecule has 1 aliphatic rings. The maximum absolute atomic E-state index is 13.0. The van der Waals surface area contributed by atoms with Crippen molar-refractivity contribution in [2.24, 2.45) is 5.73 Å². The molecule has 1 unspecified atom stereocenters. The van der Waals surface area contributed by atoms with E-state index in [-0.39, 0.29) is 6.42 Å². The third-order valence-corrected chi connectivity index (χ3v) is 3.64. The number of hydrogen-bond acceptors (Lipinski definition) is 1. The van der Waals surface area contributed by atoms with Crippen LogP contribution in [-0.4, -0.2) is 5.92 Å². The lowest BCUT2D eigenvalue weighted by atomic mass is 10.00. The highest BCUT2D eigenvalue weighted by atomic mass is 79.9. The molecule has 4 heteroatoms. The number of hydrogen-bond donors (Lipinski definition) is 1. The van der Waals surface area contributed by atoms with Crippen molar-refractivity contribution in [2.45, 2.75) is 24.8 Å². The van der Waals surface area contributed by atoms with Crippen molar-refractivity contribution in [3.63, 3.8) is 0 Å². The van der Waals surface area contributed by atoms with Crippen LogP contribution in [0.3, 0.4) is 0 Å². The Morgan fingerprint density at radius 2 is 2.00 bits per heavy atom. The molecule has 1 aromatic rings. The minimum absolute atomic E-state index is 0.253. The molecule has 0 aromatic heterocycles. The van der Waals surface area contributed by atoms with Crippen LogP contribution in [0.25, 0.3) is 0 Å². The predicted octanol–water partition coefficient (Wildman–Crippen LogP) is 2.95. The molecule has 0 heterocycles. The summed E-state index contributed by atoms with van der Waals surface area (Å²) in [6.07, 6.45) is -0.253. The second-order valence-corrected chi connectivity index (χ2v) is 4.62. The van der Waals surface area contributed by atoms with Gasteiger partial charge >= 0.3 is 0 Å². The molecule has 0 bridgehead atoms. The molecule has 1 fully saturated rings. The van der Waals surface area contributed by atoms with Gasteiger partial charge in [-0.1, -0.05) is 28.1 Å². The standard InChI is InChI=1S/C10H10BrF2N/c1-6-7(3-2-4-8(6)11)9(14)5-10(9,12)13/h2-4H,5,14H2,1H3. The van der Waals surface area contributed by atoms with Crippen LogP contribution in [0.15, 0.2) is 22.7 Å². The van der Waals surface area contributed by atoms with Crippen molar-refractivity contribution in [3.05, 3.63) is 33.8 Å². The number of alkyl halides is 2. The van der Waals surface area contributed by atoms with E-state index >= 15 is 0 Å². The van der Waals surface area contributed by atoms with Gasteiger partial charge in [-0.2, -0.15) is 0 Å². The smallest absolute Gasteiger partial charge is 0.272 e. The highest BCUT2D eigenvalue weighted by molar-refractivity contribution is 9.10. The zero-order chi connectivity index (χ0) is 10.6. The number of benzene rings is 1. The van der Waals surface area contributed by atoms with Crippen LogP contribution in [0.1, 0.15) is 17.5 Å². The normalized spacial score (nSPS) is 28.9. The number of halogens is 3. The van der Waals surface area contributed by atoms with Gasteiger partial charge in [-0.25, -0.2) is 8.78 Å². The summed E-state index contributed by atoms with van der Waals surface area (Å²) in [7, 11) is 0. The minimum atomic E-state index is -2.75. The van der Waals surface area contributed by atoms with Gasteiger partial charge in [-0.15, -0.1) is 0 Å². The molecule has 1 nitrogen and oxygen atoms in total. The van der Waals surface area contributed by atoms with Crippen LogP contribution in [-0.2, 0) is 5.54 Å². The average molecular weight is 262 g/mol. The van der Waals surface area contributed by atoms with Crippen molar-refractivity contribution in [1.82, 2.24) is 0 Å². The molecule has 2 N–H and O–H groups in total. The molecular weight excluding hydrogens is 252 g/mol. The first-order chi connectivity index (χ1) is 6.38. The lowest BCUT2D eigenvalue weighted by Gasteiger charge is -2.14. The molecule has 1 atom stereocenters. The Kier molecular flexibility index (Phi) is 1.98. The zero-order valence-corrected chi connectivity index (χ0v) is 9.24.